The fourth-order valence-corrected chi connectivity index (χ4v) is 3.20. The highest BCUT2D eigenvalue weighted by molar-refractivity contribution is 5.77. The molecule has 27 heavy (non-hydrogen) atoms. The Bertz CT molecular complexity index is 880. The zero-order chi connectivity index (χ0) is 19.6. The van der Waals surface area contributed by atoms with Crippen molar-refractivity contribution in [2.45, 2.75) is 25.1 Å². The van der Waals surface area contributed by atoms with Crippen molar-refractivity contribution < 1.29 is 17.9 Å². The summed E-state index contributed by atoms with van der Waals surface area (Å²) in [6.07, 6.45) is -1.82. The van der Waals surface area contributed by atoms with Gasteiger partial charge in [-0.3, -0.25) is 0 Å². The Labute approximate surface area is 153 Å². The van der Waals surface area contributed by atoms with Crippen LogP contribution in [0.5, 0.6) is 5.75 Å². The maximum atomic E-state index is 12.4. The van der Waals surface area contributed by atoms with E-state index in [1.165, 1.54) is 18.5 Å². The van der Waals surface area contributed by atoms with Crippen LogP contribution in [0.1, 0.15) is 24.3 Å². The van der Waals surface area contributed by atoms with Gasteiger partial charge in [0, 0.05) is 19.0 Å². The minimum atomic E-state index is -4.79. The van der Waals surface area contributed by atoms with E-state index in [2.05, 4.69) is 19.5 Å². The number of rotatable bonds is 3. The Morgan fingerprint density at radius 2 is 2.04 bits per heavy atom. The molecule has 0 bridgehead atoms. The van der Waals surface area contributed by atoms with E-state index in [1.807, 2.05) is 4.90 Å². The Morgan fingerprint density at radius 1 is 1.26 bits per heavy atom. The molecule has 3 rings (SSSR count). The molecule has 1 fully saturated rings. The van der Waals surface area contributed by atoms with Crippen LogP contribution >= 0.6 is 0 Å². The summed E-state index contributed by atoms with van der Waals surface area (Å²) in [6.45, 7) is 8.53. The maximum absolute atomic E-state index is 12.4. The molecule has 2 aromatic rings. The molecule has 1 unspecified atom stereocenters. The Hall–Kier alpha value is -3.22. The first-order valence-corrected chi connectivity index (χ1v) is 8.16. The Morgan fingerprint density at radius 3 is 2.70 bits per heavy atom. The first kappa shape index (κ1) is 18.6. The van der Waals surface area contributed by atoms with E-state index in [4.69, 9.17) is 18.0 Å². The quantitative estimate of drug-likeness (QED) is 0.627. The van der Waals surface area contributed by atoms with E-state index in [0.29, 0.717) is 18.9 Å². The van der Waals surface area contributed by atoms with Crippen molar-refractivity contribution in [1.82, 2.24) is 9.97 Å². The van der Waals surface area contributed by atoms with Gasteiger partial charge in [0.1, 0.15) is 18.0 Å². The molecule has 10 heteroatoms. The van der Waals surface area contributed by atoms with Gasteiger partial charge in [0.2, 0.25) is 0 Å². The molecule has 1 saturated heterocycles. The van der Waals surface area contributed by atoms with Crippen molar-refractivity contribution in [1.29, 1.82) is 0 Å². The molecule has 1 atom stereocenters. The van der Waals surface area contributed by atoms with Crippen molar-refractivity contribution in [2.75, 3.05) is 29.5 Å². The summed E-state index contributed by atoms with van der Waals surface area (Å²) in [5.74, 6) is 0.191. The van der Waals surface area contributed by atoms with Crippen LogP contribution in [-0.4, -0.2) is 29.4 Å². The number of hydrogen-bond acceptors (Lipinski definition) is 6. The number of halogens is 3. The molecule has 1 aliphatic heterocycles. The van der Waals surface area contributed by atoms with Gasteiger partial charge in [0.25, 0.3) is 5.69 Å². The monoisotopic (exact) mass is 378 g/mol. The number of hydrogen-bond donors (Lipinski definition) is 2. The molecule has 2 heterocycles. The number of benzene rings is 1. The molecular formula is C17H17F3N6O. The lowest BCUT2D eigenvalue weighted by Crippen LogP contribution is -2.35. The van der Waals surface area contributed by atoms with Gasteiger partial charge in [0.05, 0.1) is 12.3 Å². The van der Waals surface area contributed by atoms with Gasteiger partial charge in [-0.1, -0.05) is 6.07 Å². The summed E-state index contributed by atoms with van der Waals surface area (Å²) in [6, 6.07) is 4.30. The van der Waals surface area contributed by atoms with Crippen LogP contribution in [-0.2, 0) is 0 Å². The third-order valence-corrected chi connectivity index (χ3v) is 4.39. The molecule has 142 valence electrons. The van der Waals surface area contributed by atoms with E-state index in [-0.39, 0.29) is 23.1 Å². The summed E-state index contributed by atoms with van der Waals surface area (Å²) < 4.78 is 41.1. The molecule has 1 aromatic heterocycles. The normalized spacial score (nSPS) is 17.4. The van der Waals surface area contributed by atoms with Gasteiger partial charge in [-0.15, -0.1) is 13.2 Å². The molecule has 1 aromatic carbocycles. The summed E-state index contributed by atoms with van der Waals surface area (Å²) in [4.78, 5) is 13.4. The number of piperidine rings is 1. The lowest BCUT2D eigenvalue weighted by molar-refractivity contribution is -0.274. The van der Waals surface area contributed by atoms with Crippen molar-refractivity contribution in [3.05, 3.63) is 41.5 Å². The van der Waals surface area contributed by atoms with Crippen LogP contribution in [0.15, 0.2) is 24.5 Å². The maximum Gasteiger partial charge on any atom is 0.573 e. The summed E-state index contributed by atoms with van der Waals surface area (Å²) >= 11 is 0. The average Bonchev–Trinajstić information content (AvgIpc) is 2.62. The standard InChI is InChI=1S/C17H17F3N6O/c1-23-14-15(22)24-9-25-16(14)26-6-2-3-11(8-26)10-4-5-13(12(21)7-10)27-17(18,19)20/h4-5,7,9,11H,2-3,6,8,21H2,(H2,22,24,25). The second-order valence-electron chi connectivity index (χ2n) is 6.17. The van der Waals surface area contributed by atoms with Crippen LogP contribution < -0.4 is 21.1 Å². The van der Waals surface area contributed by atoms with Crippen molar-refractivity contribution >= 4 is 23.0 Å². The van der Waals surface area contributed by atoms with Crippen LogP contribution in [0.25, 0.3) is 4.85 Å². The first-order valence-electron chi connectivity index (χ1n) is 8.16. The smallest absolute Gasteiger partial charge is 0.404 e. The van der Waals surface area contributed by atoms with Crippen molar-refractivity contribution in [3.63, 3.8) is 0 Å². The highest BCUT2D eigenvalue weighted by Crippen LogP contribution is 2.37. The molecule has 0 radical (unpaired) electrons. The number of anilines is 3. The van der Waals surface area contributed by atoms with Crippen molar-refractivity contribution in [2.24, 2.45) is 0 Å². The summed E-state index contributed by atoms with van der Waals surface area (Å²) in [5.41, 5.74) is 12.4. The number of aromatic nitrogens is 2. The van der Waals surface area contributed by atoms with Gasteiger partial charge in [-0.2, -0.15) is 0 Å². The number of alkyl halides is 3. The number of nitrogens with zero attached hydrogens (tertiary/aromatic N) is 4. The van der Waals surface area contributed by atoms with E-state index in [1.54, 1.807) is 6.07 Å². The molecule has 7 nitrogen and oxygen atoms in total. The minimum absolute atomic E-state index is 0.0239. The highest BCUT2D eigenvalue weighted by atomic mass is 19.4. The van der Waals surface area contributed by atoms with Gasteiger partial charge in [-0.05, 0) is 30.5 Å². The Balaban J connectivity index is 1.82. The Kier molecular flexibility index (Phi) is 4.94. The average molecular weight is 378 g/mol. The lowest BCUT2D eigenvalue weighted by Gasteiger charge is -2.34. The molecule has 1 aliphatic rings. The predicted octanol–water partition coefficient (Wildman–Crippen LogP) is 3.47. The molecule has 0 spiro atoms. The minimum Gasteiger partial charge on any atom is -0.404 e. The van der Waals surface area contributed by atoms with E-state index in [0.717, 1.165) is 18.4 Å². The highest BCUT2D eigenvalue weighted by Gasteiger charge is 2.32. The van der Waals surface area contributed by atoms with Gasteiger partial charge in [-0.25, -0.2) is 14.8 Å². The van der Waals surface area contributed by atoms with E-state index in [9.17, 15) is 13.2 Å². The van der Waals surface area contributed by atoms with Gasteiger partial charge < -0.3 is 21.1 Å². The zero-order valence-corrected chi connectivity index (χ0v) is 14.2. The number of nitrogens with two attached hydrogens (primary N) is 2. The second-order valence-corrected chi connectivity index (χ2v) is 6.17. The molecule has 0 amide bonds. The van der Waals surface area contributed by atoms with Crippen molar-refractivity contribution in [3.8, 4) is 5.75 Å². The first-order chi connectivity index (χ1) is 12.8. The molecular weight excluding hydrogens is 361 g/mol. The van der Waals surface area contributed by atoms with Crippen LogP contribution in [0, 0.1) is 6.57 Å². The SMILES string of the molecule is [C-]#[N+]c1c(N)ncnc1N1CCCC(c2ccc(OC(F)(F)F)c(N)c2)C1. The van der Waals surface area contributed by atoms with Crippen LogP contribution in [0.2, 0.25) is 0 Å². The molecule has 0 aliphatic carbocycles. The molecule has 4 N–H and O–H groups in total. The zero-order valence-electron chi connectivity index (χ0n) is 14.2. The lowest BCUT2D eigenvalue weighted by atomic mass is 9.90. The van der Waals surface area contributed by atoms with Gasteiger partial charge in [0.15, 0.2) is 5.75 Å². The topological polar surface area (TPSA) is 94.6 Å². The number of ether oxygens (including phenoxy) is 1. The second kappa shape index (κ2) is 7.19. The summed E-state index contributed by atoms with van der Waals surface area (Å²) in [5, 5.41) is 0. The third kappa shape index (κ3) is 4.13. The predicted molar refractivity (Wildman–Crippen MR) is 94.4 cm³/mol. The van der Waals surface area contributed by atoms with E-state index >= 15 is 0 Å². The fraction of sp³-hybridized carbons (Fsp3) is 0.353. The van der Waals surface area contributed by atoms with Crippen LogP contribution in [0.4, 0.5) is 36.2 Å². The summed E-state index contributed by atoms with van der Waals surface area (Å²) in [7, 11) is 0. The largest absolute Gasteiger partial charge is 0.573 e. The van der Waals surface area contributed by atoms with Crippen LogP contribution in [0.3, 0.4) is 0 Å². The number of nitrogen functional groups attached to an aromatic ring is 2. The van der Waals surface area contributed by atoms with Gasteiger partial charge >= 0.3 is 6.36 Å². The third-order valence-electron chi connectivity index (χ3n) is 4.39. The fourth-order valence-electron chi connectivity index (χ4n) is 3.20. The molecule has 0 saturated carbocycles. The van der Waals surface area contributed by atoms with E-state index < -0.39 is 12.1 Å².